The topological polar surface area (TPSA) is 82.3 Å². The first kappa shape index (κ1) is 12.5. The monoisotopic (exact) mass is 294 g/mol. The number of hydrogen-bond donors (Lipinski definition) is 3. The molecule has 0 radical (unpaired) electrons. The highest BCUT2D eigenvalue weighted by Gasteiger charge is 2.10. The van der Waals surface area contributed by atoms with E-state index in [1.54, 1.807) is 30.7 Å². The van der Waals surface area contributed by atoms with Gasteiger partial charge in [0.15, 0.2) is 0 Å². The van der Waals surface area contributed by atoms with Gasteiger partial charge in [0.25, 0.3) is 0 Å². The van der Waals surface area contributed by atoms with Crippen molar-refractivity contribution in [1.29, 1.82) is 0 Å². The number of aromatic nitrogens is 5. The van der Waals surface area contributed by atoms with Crippen LogP contribution < -0.4 is 5.32 Å². The molecule has 3 N–H and O–H groups in total. The van der Waals surface area contributed by atoms with Crippen molar-refractivity contribution in [2.75, 3.05) is 5.32 Å². The number of nitrogens with zero attached hydrogens (tertiary/aromatic N) is 3. The number of benzene rings is 1. The average Bonchev–Trinajstić information content (AvgIpc) is 3.20. The van der Waals surface area contributed by atoms with E-state index in [1.807, 2.05) is 6.07 Å². The second-order valence-electron chi connectivity index (χ2n) is 4.72. The second-order valence-corrected chi connectivity index (χ2v) is 4.72. The van der Waals surface area contributed by atoms with Gasteiger partial charge < -0.3 is 15.3 Å². The molecule has 6 nitrogen and oxygen atoms in total. The minimum absolute atomic E-state index is 0.338. The number of fused-ring (bicyclic) bond motifs is 1. The average molecular weight is 294 g/mol. The first-order valence-corrected chi connectivity index (χ1v) is 6.66. The van der Waals surface area contributed by atoms with Crippen LogP contribution in [0.4, 0.5) is 15.9 Å². The van der Waals surface area contributed by atoms with Crippen LogP contribution >= 0.6 is 0 Å². The van der Waals surface area contributed by atoms with Crippen LogP contribution in [0.25, 0.3) is 22.4 Å². The van der Waals surface area contributed by atoms with Crippen molar-refractivity contribution in [3.63, 3.8) is 0 Å². The van der Waals surface area contributed by atoms with E-state index >= 15 is 0 Å². The van der Waals surface area contributed by atoms with Gasteiger partial charge in [0.2, 0.25) is 0 Å². The third kappa shape index (κ3) is 2.08. The van der Waals surface area contributed by atoms with Gasteiger partial charge in [0.05, 0.1) is 10.9 Å². The molecule has 7 heteroatoms. The number of aromatic amines is 2. The van der Waals surface area contributed by atoms with Crippen molar-refractivity contribution in [3.8, 4) is 11.4 Å². The van der Waals surface area contributed by atoms with E-state index in [1.165, 1.54) is 12.4 Å². The first-order chi connectivity index (χ1) is 10.8. The van der Waals surface area contributed by atoms with Gasteiger partial charge in [-0.15, -0.1) is 0 Å². The molecule has 22 heavy (non-hydrogen) atoms. The largest absolute Gasteiger partial charge is 0.346 e. The summed E-state index contributed by atoms with van der Waals surface area (Å²) in [5.41, 5.74) is 1.86. The van der Waals surface area contributed by atoms with Gasteiger partial charge in [-0.05, 0) is 24.3 Å². The number of nitrogens with one attached hydrogen (secondary N) is 3. The molecule has 0 saturated heterocycles. The fraction of sp³-hybridized carbons (Fsp3) is 0. The zero-order valence-corrected chi connectivity index (χ0v) is 11.3. The Balaban J connectivity index is 1.75. The van der Waals surface area contributed by atoms with Gasteiger partial charge in [-0.2, -0.15) is 0 Å². The fourth-order valence-corrected chi connectivity index (χ4v) is 2.31. The zero-order valence-electron chi connectivity index (χ0n) is 11.3. The highest BCUT2D eigenvalue weighted by molar-refractivity contribution is 5.88. The quantitative estimate of drug-likeness (QED) is 0.542. The summed E-state index contributed by atoms with van der Waals surface area (Å²) in [6, 6.07) is 6.63. The Morgan fingerprint density at radius 2 is 1.95 bits per heavy atom. The standard InChI is InChI=1S/C15H11FN6/c16-12-2-1-9(7-11(12)14-18-5-6-19-14)22-15-10-3-4-17-13(10)20-8-21-15/h1-8H,(H,18,19)(H2,17,20,21,22). The van der Waals surface area contributed by atoms with Crippen LogP contribution in [0.15, 0.2) is 49.2 Å². The van der Waals surface area contributed by atoms with Crippen LogP contribution in [0.5, 0.6) is 0 Å². The molecule has 0 aliphatic heterocycles. The maximum absolute atomic E-state index is 14.0. The molecule has 3 heterocycles. The number of hydrogen-bond acceptors (Lipinski definition) is 4. The van der Waals surface area contributed by atoms with Gasteiger partial charge in [0, 0.05) is 24.3 Å². The highest BCUT2D eigenvalue weighted by Crippen LogP contribution is 2.27. The van der Waals surface area contributed by atoms with Crippen LogP contribution in [0, 0.1) is 5.82 Å². The molecule has 0 saturated carbocycles. The van der Waals surface area contributed by atoms with Crippen molar-refractivity contribution in [1.82, 2.24) is 24.9 Å². The van der Waals surface area contributed by atoms with Crippen molar-refractivity contribution in [3.05, 3.63) is 55.0 Å². The summed E-state index contributed by atoms with van der Waals surface area (Å²) in [4.78, 5) is 18.4. The normalized spacial score (nSPS) is 11.0. The summed E-state index contributed by atoms with van der Waals surface area (Å²) in [6.45, 7) is 0. The van der Waals surface area contributed by atoms with E-state index in [9.17, 15) is 4.39 Å². The van der Waals surface area contributed by atoms with Crippen LogP contribution in [-0.4, -0.2) is 24.9 Å². The minimum Gasteiger partial charge on any atom is -0.346 e. The van der Waals surface area contributed by atoms with E-state index < -0.39 is 0 Å². The van der Waals surface area contributed by atoms with Crippen LogP contribution in [0.3, 0.4) is 0 Å². The summed E-state index contributed by atoms with van der Waals surface area (Å²) in [7, 11) is 0. The van der Waals surface area contributed by atoms with Crippen LogP contribution in [-0.2, 0) is 0 Å². The van der Waals surface area contributed by atoms with Crippen molar-refractivity contribution in [2.24, 2.45) is 0 Å². The number of rotatable bonds is 3. The highest BCUT2D eigenvalue weighted by atomic mass is 19.1. The molecule has 4 aromatic rings. The number of imidazole rings is 1. The molecular formula is C15H11FN6. The Morgan fingerprint density at radius 1 is 1.00 bits per heavy atom. The Morgan fingerprint density at radius 3 is 2.82 bits per heavy atom. The fourth-order valence-electron chi connectivity index (χ4n) is 2.31. The molecule has 0 aliphatic carbocycles. The van der Waals surface area contributed by atoms with Crippen molar-refractivity contribution >= 4 is 22.5 Å². The SMILES string of the molecule is Fc1ccc(Nc2ncnc3[nH]ccc23)cc1-c1ncc[nH]1. The summed E-state index contributed by atoms with van der Waals surface area (Å²) in [5, 5.41) is 4.05. The summed E-state index contributed by atoms with van der Waals surface area (Å²) in [5.74, 6) is 0.800. The minimum atomic E-state index is -0.338. The van der Waals surface area contributed by atoms with Crippen molar-refractivity contribution in [2.45, 2.75) is 0 Å². The maximum Gasteiger partial charge on any atom is 0.143 e. The third-order valence-corrected chi connectivity index (χ3v) is 3.34. The molecule has 0 amide bonds. The van der Waals surface area contributed by atoms with E-state index in [4.69, 9.17) is 0 Å². The van der Waals surface area contributed by atoms with E-state index in [0.29, 0.717) is 22.9 Å². The van der Waals surface area contributed by atoms with Gasteiger partial charge in [0.1, 0.15) is 29.4 Å². The lowest BCUT2D eigenvalue weighted by Crippen LogP contribution is -1.96. The molecule has 0 unspecified atom stereocenters. The number of halogens is 1. The predicted octanol–water partition coefficient (Wildman–Crippen LogP) is 3.23. The Kier molecular flexibility index (Phi) is 2.82. The molecule has 0 atom stereocenters. The third-order valence-electron chi connectivity index (χ3n) is 3.34. The molecule has 0 fully saturated rings. The lowest BCUT2D eigenvalue weighted by molar-refractivity contribution is 0.630. The van der Waals surface area contributed by atoms with E-state index in [0.717, 1.165) is 11.0 Å². The summed E-state index contributed by atoms with van der Waals surface area (Å²) >= 11 is 0. The second kappa shape index (κ2) is 4.96. The molecule has 3 aromatic heterocycles. The molecular weight excluding hydrogens is 283 g/mol. The Labute approximate surface area is 124 Å². The molecule has 1 aromatic carbocycles. The van der Waals surface area contributed by atoms with Gasteiger partial charge in [-0.3, -0.25) is 0 Å². The lowest BCUT2D eigenvalue weighted by atomic mass is 10.1. The number of H-pyrrole nitrogens is 2. The Bertz CT molecular complexity index is 928. The van der Waals surface area contributed by atoms with Crippen LogP contribution in [0.2, 0.25) is 0 Å². The molecule has 108 valence electrons. The molecule has 4 rings (SSSR count). The lowest BCUT2D eigenvalue weighted by Gasteiger charge is -2.08. The molecule has 0 spiro atoms. The van der Waals surface area contributed by atoms with E-state index in [2.05, 4.69) is 30.2 Å². The van der Waals surface area contributed by atoms with Crippen molar-refractivity contribution < 1.29 is 4.39 Å². The molecule has 0 aliphatic rings. The Hall–Kier alpha value is -3.22. The predicted molar refractivity (Wildman–Crippen MR) is 81.2 cm³/mol. The summed E-state index contributed by atoms with van der Waals surface area (Å²) < 4.78 is 14.0. The van der Waals surface area contributed by atoms with Gasteiger partial charge >= 0.3 is 0 Å². The summed E-state index contributed by atoms with van der Waals surface area (Å²) in [6.07, 6.45) is 6.51. The van der Waals surface area contributed by atoms with Gasteiger partial charge in [-0.25, -0.2) is 19.3 Å². The number of anilines is 2. The maximum atomic E-state index is 14.0. The molecule has 0 bridgehead atoms. The van der Waals surface area contributed by atoms with Gasteiger partial charge in [-0.1, -0.05) is 0 Å². The zero-order chi connectivity index (χ0) is 14.9. The van der Waals surface area contributed by atoms with Crippen LogP contribution in [0.1, 0.15) is 0 Å². The first-order valence-electron chi connectivity index (χ1n) is 6.66. The van der Waals surface area contributed by atoms with E-state index in [-0.39, 0.29) is 5.82 Å². The smallest absolute Gasteiger partial charge is 0.143 e.